The Morgan fingerprint density at radius 2 is 1.32 bits per heavy atom. The second-order valence-electron chi connectivity index (χ2n) is 7.55. The van der Waals surface area contributed by atoms with E-state index in [1.165, 1.54) is 27.1 Å². The second kappa shape index (κ2) is 4.76. The topological polar surface area (TPSA) is 33.9 Å². The van der Waals surface area contributed by atoms with Crippen molar-refractivity contribution in [2.75, 3.05) is 0 Å². The fraction of sp³-hybridized carbons (Fsp3) is 0.0400. The monoisotopic (exact) mass is 360 g/mol. The van der Waals surface area contributed by atoms with Gasteiger partial charge in [-0.15, -0.1) is 0 Å². The number of rotatable bonds is 0. The average molecular weight is 360 g/mol. The number of aromatic nitrogens is 2. The van der Waals surface area contributed by atoms with Gasteiger partial charge in [0.15, 0.2) is 11.2 Å². The Morgan fingerprint density at radius 3 is 2.21 bits per heavy atom. The molecule has 1 N–H and O–H groups in total. The summed E-state index contributed by atoms with van der Waals surface area (Å²) in [5.41, 5.74) is 6.47. The number of nitrogens with one attached hydrogen (secondary N) is 1. The maximum atomic E-state index is 6.57. The molecule has 7 rings (SSSR count). The van der Waals surface area contributed by atoms with Crippen molar-refractivity contribution in [1.82, 2.24) is 9.55 Å². The fourth-order valence-corrected chi connectivity index (χ4v) is 4.86. The van der Waals surface area contributed by atoms with Gasteiger partial charge in [0.2, 0.25) is 0 Å². The van der Waals surface area contributed by atoms with E-state index >= 15 is 0 Å². The molecule has 0 amide bonds. The van der Waals surface area contributed by atoms with Gasteiger partial charge in [-0.05, 0) is 24.3 Å². The predicted octanol–water partition coefficient (Wildman–Crippen LogP) is 6.87. The van der Waals surface area contributed by atoms with Gasteiger partial charge in [0.1, 0.15) is 0 Å². The molecule has 132 valence electrons. The summed E-state index contributed by atoms with van der Waals surface area (Å²) in [4.78, 5) is 3.57. The summed E-state index contributed by atoms with van der Waals surface area (Å²) in [5, 5.41) is 7.25. The number of aryl methyl sites for hydroxylation is 1. The Morgan fingerprint density at radius 1 is 0.643 bits per heavy atom. The van der Waals surface area contributed by atoms with Crippen molar-refractivity contribution in [2.24, 2.45) is 7.05 Å². The van der Waals surface area contributed by atoms with E-state index < -0.39 is 0 Å². The molecule has 0 saturated heterocycles. The highest BCUT2D eigenvalue weighted by atomic mass is 16.3. The first-order valence-corrected chi connectivity index (χ1v) is 9.53. The van der Waals surface area contributed by atoms with Crippen LogP contribution in [0.25, 0.3) is 65.6 Å². The van der Waals surface area contributed by atoms with Crippen molar-refractivity contribution < 1.29 is 4.42 Å². The summed E-state index contributed by atoms with van der Waals surface area (Å²) in [5.74, 6) is 0. The first kappa shape index (κ1) is 14.4. The number of aromatic amines is 1. The van der Waals surface area contributed by atoms with Gasteiger partial charge in [0.05, 0.1) is 11.0 Å². The van der Waals surface area contributed by atoms with Crippen LogP contribution >= 0.6 is 0 Å². The highest BCUT2D eigenvalue weighted by Gasteiger charge is 2.18. The molecule has 3 heterocycles. The van der Waals surface area contributed by atoms with Gasteiger partial charge in [-0.25, -0.2) is 0 Å². The average Bonchev–Trinajstić information content (AvgIpc) is 3.38. The van der Waals surface area contributed by atoms with Gasteiger partial charge in [-0.1, -0.05) is 48.5 Å². The van der Waals surface area contributed by atoms with E-state index in [0.29, 0.717) is 0 Å². The van der Waals surface area contributed by atoms with Gasteiger partial charge in [-0.3, -0.25) is 0 Å². The third kappa shape index (κ3) is 1.57. The summed E-state index contributed by atoms with van der Waals surface area (Å²) in [6.07, 6.45) is 0. The maximum Gasteiger partial charge on any atom is 0.159 e. The normalized spacial score (nSPS) is 12.5. The minimum absolute atomic E-state index is 0.932. The van der Waals surface area contributed by atoms with E-state index in [-0.39, 0.29) is 0 Å². The van der Waals surface area contributed by atoms with E-state index in [1.807, 2.05) is 0 Å². The van der Waals surface area contributed by atoms with Crippen LogP contribution in [0.5, 0.6) is 0 Å². The fourth-order valence-electron chi connectivity index (χ4n) is 4.86. The van der Waals surface area contributed by atoms with Crippen LogP contribution in [0.3, 0.4) is 0 Å². The van der Waals surface area contributed by atoms with Gasteiger partial charge in [-0.2, -0.15) is 0 Å². The number of benzene rings is 4. The number of para-hydroxylation sites is 2. The number of H-pyrrole nitrogens is 1. The Labute approximate surface area is 159 Å². The number of furan rings is 1. The van der Waals surface area contributed by atoms with Crippen molar-refractivity contribution in [2.45, 2.75) is 0 Å². The summed E-state index contributed by atoms with van der Waals surface area (Å²) < 4.78 is 8.81. The molecule has 28 heavy (non-hydrogen) atoms. The van der Waals surface area contributed by atoms with Crippen molar-refractivity contribution in [3.05, 3.63) is 72.8 Å². The van der Waals surface area contributed by atoms with E-state index in [0.717, 1.165) is 38.5 Å². The highest BCUT2D eigenvalue weighted by molar-refractivity contribution is 6.25. The highest BCUT2D eigenvalue weighted by Crippen LogP contribution is 2.41. The standard InChI is InChI=1S/C25H16N2O/c1-27-21-9-5-3-7-15(21)17-11-13-19-18-12-10-16-14-6-2-4-8-20(14)26-22(16)24(18)28-25(19)23(17)27/h2-13,26H,1H3. The van der Waals surface area contributed by atoms with Crippen LogP contribution < -0.4 is 0 Å². The van der Waals surface area contributed by atoms with E-state index in [2.05, 4.69) is 89.4 Å². The zero-order valence-electron chi connectivity index (χ0n) is 15.3. The lowest BCUT2D eigenvalue weighted by Crippen LogP contribution is -1.86. The minimum Gasteiger partial charge on any atom is -0.452 e. The molecule has 0 spiro atoms. The molecule has 3 aromatic heterocycles. The molecule has 0 aliphatic heterocycles. The van der Waals surface area contributed by atoms with Crippen LogP contribution in [0.2, 0.25) is 0 Å². The minimum atomic E-state index is 0.932. The molecule has 0 aliphatic carbocycles. The van der Waals surface area contributed by atoms with E-state index in [4.69, 9.17) is 4.42 Å². The molecule has 7 aromatic rings. The van der Waals surface area contributed by atoms with Crippen LogP contribution in [0.1, 0.15) is 0 Å². The molecule has 4 aromatic carbocycles. The molecule has 0 aliphatic rings. The van der Waals surface area contributed by atoms with Crippen LogP contribution in [-0.2, 0) is 7.05 Å². The smallest absolute Gasteiger partial charge is 0.159 e. The van der Waals surface area contributed by atoms with Gasteiger partial charge < -0.3 is 14.0 Å². The van der Waals surface area contributed by atoms with Crippen molar-refractivity contribution in [3.63, 3.8) is 0 Å². The third-order valence-corrected chi connectivity index (χ3v) is 6.15. The lowest BCUT2D eigenvalue weighted by Gasteiger charge is -1.98. The Bertz CT molecular complexity index is 1730. The summed E-state index contributed by atoms with van der Waals surface area (Å²) in [7, 11) is 2.12. The molecule has 3 nitrogen and oxygen atoms in total. The quantitative estimate of drug-likeness (QED) is 0.315. The van der Waals surface area contributed by atoms with Crippen molar-refractivity contribution in [1.29, 1.82) is 0 Å². The zero-order chi connectivity index (χ0) is 18.4. The molecule has 0 atom stereocenters. The molecule has 0 bridgehead atoms. The Hall–Kier alpha value is -3.72. The van der Waals surface area contributed by atoms with E-state index in [9.17, 15) is 0 Å². The summed E-state index contributed by atoms with van der Waals surface area (Å²) in [6, 6.07) is 25.8. The Kier molecular flexibility index (Phi) is 2.44. The molecule has 0 saturated carbocycles. The zero-order valence-corrected chi connectivity index (χ0v) is 15.3. The predicted molar refractivity (Wildman–Crippen MR) is 117 cm³/mol. The van der Waals surface area contributed by atoms with Crippen LogP contribution in [0, 0.1) is 0 Å². The molecule has 0 unspecified atom stereocenters. The maximum absolute atomic E-state index is 6.57. The third-order valence-electron chi connectivity index (χ3n) is 6.15. The summed E-state index contributed by atoms with van der Waals surface area (Å²) in [6.45, 7) is 0. The largest absolute Gasteiger partial charge is 0.452 e. The first-order valence-electron chi connectivity index (χ1n) is 9.53. The van der Waals surface area contributed by atoms with Gasteiger partial charge in [0.25, 0.3) is 0 Å². The lowest BCUT2D eigenvalue weighted by molar-refractivity contribution is 0.673. The van der Waals surface area contributed by atoms with Crippen molar-refractivity contribution >= 4 is 65.6 Å². The van der Waals surface area contributed by atoms with Crippen LogP contribution in [0.15, 0.2) is 77.2 Å². The van der Waals surface area contributed by atoms with Crippen molar-refractivity contribution in [3.8, 4) is 0 Å². The number of fused-ring (bicyclic) bond motifs is 11. The summed E-state index contributed by atoms with van der Waals surface area (Å²) >= 11 is 0. The SMILES string of the molecule is Cn1c2ccccc2c2ccc3c4ccc5c6ccccc6[nH]c5c4oc3c21. The molecule has 0 fully saturated rings. The Balaban J connectivity index is 1.74. The van der Waals surface area contributed by atoms with Crippen LogP contribution in [0.4, 0.5) is 0 Å². The molecular formula is C25H16N2O. The molecular weight excluding hydrogens is 344 g/mol. The number of nitrogens with zero attached hydrogens (tertiary/aromatic N) is 1. The second-order valence-corrected chi connectivity index (χ2v) is 7.55. The first-order chi connectivity index (χ1) is 13.8. The molecule has 0 radical (unpaired) electrons. The van der Waals surface area contributed by atoms with Gasteiger partial charge in [0, 0.05) is 50.4 Å². The van der Waals surface area contributed by atoms with E-state index in [1.54, 1.807) is 0 Å². The van der Waals surface area contributed by atoms with Gasteiger partial charge >= 0.3 is 0 Å². The van der Waals surface area contributed by atoms with Crippen LogP contribution in [-0.4, -0.2) is 9.55 Å². The number of hydrogen-bond acceptors (Lipinski definition) is 1. The lowest BCUT2D eigenvalue weighted by atomic mass is 10.1. The number of hydrogen-bond donors (Lipinski definition) is 1. The molecule has 3 heteroatoms.